The molecule has 1 unspecified atom stereocenters. The highest BCUT2D eigenvalue weighted by Gasteiger charge is 2.35. The Morgan fingerprint density at radius 1 is 1.03 bits per heavy atom. The van der Waals surface area contributed by atoms with E-state index < -0.39 is 0 Å². The Hall–Kier alpha value is -3.62. The number of aryl methyl sites for hydroxylation is 1. The Morgan fingerprint density at radius 3 is 2.47 bits per heavy atom. The second kappa shape index (κ2) is 8.14. The van der Waals surface area contributed by atoms with Gasteiger partial charge in [0.15, 0.2) is 23.1 Å². The number of hydrogen-bond acceptors (Lipinski definition) is 7. The zero-order valence-electron chi connectivity index (χ0n) is 18.5. The van der Waals surface area contributed by atoms with E-state index in [-0.39, 0.29) is 11.8 Å². The molecule has 2 aromatic heterocycles. The van der Waals surface area contributed by atoms with Crippen LogP contribution in [0.2, 0.25) is 0 Å². The molecule has 0 aliphatic carbocycles. The third-order valence-electron chi connectivity index (χ3n) is 6.19. The van der Waals surface area contributed by atoms with Crippen LogP contribution in [0.1, 0.15) is 42.0 Å². The monoisotopic (exact) mass is 434 g/mol. The molecule has 2 aliphatic heterocycles. The van der Waals surface area contributed by atoms with E-state index in [1.807, 2.05) is 37.3 Å². The van der Waals surface area contributed by atoms with Crippen LogP contribution in [0, 0.1) is 6.92 Å². The minimum atomic E-state index is -0.214. The number of anilines is 2. The standard InChI is InChI=1S/C23H26N6O3/c1-14-21-16(15-7-6-8-17(31-2)22(15)32-3)13-20(30)24-23(21)29(27-14)19-10-9-18(25-26-19)28-11-4-5-12-28/h6-10,16H,4-5,11-13H2,1-3H3,(H,24,30). The molecule has 1 amide bonds. The number of carbonyl (C=O) groups excluding carboxylic acids is 1. The van der Waals surface area contributed by atoms with E-state index in [1.165, 1.54) is 12.8 Å². The van der Waals surface area contributed by atoms with Crippen molar-refractivity contribution in [3.8, 4) is 17.3 Å². The van der Waals surface area contributed by atoms with Crippen molar-refractivity contribution < 1.29 is 14.3 Å². The van der Waals surface area contributed by atoms with E-state index in [4.69, 9.17) is 14.6 Å². The van der Waals surface area contributed by atoms with Crippen molar-refractivity contribution in [1.29, 1.82) is 0 Å². The van der Waals surface area contributed by atoms with E-state index in [0.29, 0.717) is 29.6 Å². The van der Waals surface area contributed by atoms with Crippen molar-refractivity contribution in [2.75, 3.05) is 37.5 Å². The van der Waals surface area contributed by atoms with Crippen molar-refractivity contribution in [1.82, 2.24) is 20.0 Å². The lowest BCUT2D eigenvalue weighted by molar-refractivity contribution is -0.116. The highest BCUT2D eigenvalue weighted by atomic mass is 16.5. The van der Waals surface area contributed by atoms with Gasteiger partial charge in [-0.2, -0.15) is 9.78 Å². The van der Waals surface area contributed by atoms with Crippen molar-refractivity contribution in [3.05, 3.63) is 47.2 Å². The van der Waals surface area contributed by atoms with Crippen LogP contribution in [0.5, 0.6) is 11.5 Å². The van der Waals surface area contributed by atoms with Gasteiger partial charge in [0.2, 0.25) is 5.91 Å². The smallest absolute Gasteiger partial charge is 0.226 e. The van der Waals surface area contributed by atoms with Gasteiger partial charge in [0.05, 0.1) is 19.9 Å². The first-order chi connectivity index (χ1) is 15.6. The molecule has 9 nitrogen and oxygen atoms in total. The van der Waals surface area contributed by atoms with Gasteiger partial charge in [0, 0.05) is 36.6 Å². The minimum absolute atomic E-state index is 0.0878. The first-order valence-electron chi connectivity index (χ1n) is 10.8. The predicted molar refractivity (Wildman–Crippen MR) is 120 cm³/mol. The summed E-state index contributed by atoms with van der Waals surface area (Å²) in [5.41, 5.74) is 2.66. The fraction of sp³-hybridized carbons (Fsp3) is 0.391. The summed E-state index contributed by atoms with van der Waals surface area (Å²) >= 11 is 0. The summed E-state index contributed by atoms with van der Waals surface area (Å²) in [6, 6.07) is 9.58. The summed E-state index contributed by atoms with van der Waals surface area (Å²) in [6.45, 7) is 3.95. The highest BCUT2D eigenvalue weighted by Crippen LogP contribution is 2.45. The molecule has 1 fully saturated rings. The number of nitrogens with zero attached hydrogens (tertiary/aromatic N) is 5. The first-order valence-corrected chi connectivity index (χ1v) is 10.8. The van der Waals surface area contributed by atoms with E-state index in [9.17, 15) is 4.79 Å². The van der Waals surface area contributed by atoms with Gasteiger partial charge in [0.25, 0.3) is 0 Å². The van der Waals surface area contributed by atoms with Crippen LogP contribution < -0.4 is 19.7 Å². The molecule has 1 atom stereocenters. The van der Waals surface area contributed by atoms with Gasteiger partial charge in [-0.05, 0) is 38.0 Å². The maximum absolute atomic E-state index is 12.7. The van der Waals surface area contributed by atoms with Crippen LogP contribution in [-0.4, -0.2) is 53.2 Å². The summed E-state index contributed by atoms with van der Waals surface area (Å²) in [4.78, 5) is 14.9. The van der Waals surface area contributed by atoms with Crippen LogP contribution in [0.4, 0.5) is 11.6 Å². The van der Waals surface area contributed by atoms with Crippen molar-refractivity contribution in [2.24, 2.45) is 0 Å². The topological polar surface area (TPSA) is 94.4 Å². The molecule has 0 radical (unpaired) electrons. The van der Waals surface area contributed by atoms with Crippen molar-refractivity contribution in [2.45, 2.75) is 32.1 Å². The third-order valence-corrected chi connectivity index (χ3v) is 6.19. The lowest BCUT2D eigenvalue weighted by Gasteiger charge is -2.26. The Morgan fingerprint density at radius 2 is 1.78 bits per heavy atom. The number of aromatic nitrogens is 4. The van der Waals surface area contributed by atoms with Crippen molar-refractivity contribution >= 4 is 17.5 Å². The zero-order valence-corrected chi connectivity index (χ0v) is 18.5. The van der Waals surface area contributed by atoms with Gasteiger partial charge in [0.1, 0.15) is 5.82 Å². The number of fused-ring (bicyclic) bond motifs is 1. The minimum Gasteiger partial charge on any atom is -0.493 e. The SMILES string of the molecule is COc1cccc(C2CC(=O)Nc3c2c(C)nn3-c2ccc(N3CCCC3)nn2)c1OC. The Labute approximate surface area is 186 Å². The van der Waals surface area contributed by atoms with E-state index in [1.54, 1.807) is 18.9 Å². The number of methoxy groups -OCH3 is 2. The maximum Gasteiger partial charge on any atom is 0.226 e. The summed E-state index contributed by atoms with van der Waals surface area (Å²) < 4.78 is 12.8. The lowest BCUT2D eigenvalue weighted by atomic mass is 9.85. The number of ether oxygens (including phenoxy) is 2. The number of para-hydroxylation sites is 1. The zero-order chi connectivity index (χ0) is 22.2. The van der Waals surface area contributed by atoms with Crippen LogP contribution >= 0.6 is 0 Å². The molecule has 9 heteroatoms. The second-order valence-electron chi connectivity index (χ2n) is 8.09. The molecule has 0 spiro atoms. The molecule has 166 valence electrons. The summed E-state index contributed by atoms with van der Waals surface area (Å²) in [6.07, 6.45) is 2.65. The number of amides is 1. The van der Waals surface area contributed by atoms with Crippen LogP contribution in [-0.2, 0) is 4.79 Å². The Bertz CT molecular complexity index is 1150. The molecule has 5 rings (SSSR count). The molecule has 4 heterocycles. The second-order valence-corrected chi connectivity index (χ2v) is 8.09. The summed E-state index contributed by atoms with van der Waals surface area (Å²) in [5.74, 6) is 3.01. The molecule has 3 aromatic rings. The fourth-order valence-corrected chi connectivity index (χ4v) is 4.71. The van der Waals surface area contributed by atoms with Gasteiger partial charge >= 0.3 is 0 Å². The number of hydrogen-bond donors (Lipinski definition) is 1. The summed E-state index contributed by atoms with van der Waals surface area (Å²) in [7, 11) is 3.22. The van der Waals surface area contributed by atoms with Gasteiger partial charge in [-0.25, -0.2) is 0 Å². The molecule has 0 saturated carbocycles. The van der Waals surface area contributed by atoms with Gasteiger partial charge in [-0.15, -0.1) is 10.2 Å². The van der Waals surface area contributed by atoms with Crippen LogP contribution in [0.3, 0.4) is 0 Å². The largest absolute Gasteiger partial charge is 0.493 e. The molecule has 2 aliphatic rings. The quantitative estimate of drug-likeness (QED) is 0.659. The average Bonchev–Trinajstić information content (AvgIpc) is 3.46. The maximum atomic E-state index is 12.7. The molecular formula is C23H26N6O3. The van der Waals surface area contributed by atoms with Gasteiger partial charge < -0.3 is 19.7 Å². The molecular weight excluding hydrogens is 408 g/mol. The Balaban J connectivity index is 1.57. The summed E-state index contributed by atoms with van der Waals surface area (Å²) in [5, 5.41) is 16.5. The molecule has 32 heavy (non-hydrogen) atoms. The predicted octanol–water partition coefficient (Wildman–Crippen LogP) is 3.06. The number of carbonyl (C=O) groups is 1. The molecule has 1 saturated heterocycles. The number of benzene rings is 1. The third kappa shape index (κ3) is 3.34. The van der Waals surface area contributed by atoms with Gasteiger partial charge in [-0.3, -0.25) is 4.79 Å². The average molecular weight is 435 g/mol. The van der Waals surface area contributed by atoms with Crippen LogP contribution in [0.25, 0.3) is 5.82 Å². The molecule has 1 N–H and O–H groups in total. The molecule has 1 aromatic carbocycles. The van der Waals surface area contributed by atoms with Crippen molar-refractivity contribution in [3.63, 3.8) is 0 Å². The van der Waals surface area contributed by atoms with E-state index in [2.05, 4.69) is 20.4 Å². The number of rotatable bonds is 5. The highest BCUT2D eigenvalue weighted by molar-refractivity contribution is 5.95. The van der Waals surface area contributed by atoms with E-state index >= 15 is 0 Å². The first kappa shape index (κ1) is 20.3. The number of nitrogens with one attached hydrogen (secondary N) is 1. The fourth-order valence-electron chi connectivity index (χ4n) is 4.71. The van der Waals surface area contributed by atoms with Gasteiger partial charge in [-0.1, -0.05) is 12.1 Å². The molecule has 0 bridgehead atoms. The van der Waals surface area contributed by atoms with Crippen LogP contribution in [0.15, 0.2) is 30.3 Å². The Kier molecular flexibility index (Phi) is 5.16. The normalized spacial score (nSPS) is 17.8. The lowest BCUT2D eigenvalue weighted by Crippen LogP contribution is -2.25. The van der Waals surface area contributed by atoms with E-state index in [0.717, 1.165) is 35.7 Å².